The molecule has 0 atom stereocenters. The molecular weight excluding hydrogens is 264 g/mol. The van der Waals surface area contributed by atoms with Crippen LogP contribution in [0.3, 0.4) is 0 Å². The minimum Gasteiger partial charge on any atom is -0.480 e. The van der Waals surface area contributed by atoms with Gasteiger partial charge in [0.1, 0.15) is 13.2 Å². The molecule has 7 heteroatoms. The molecule has 1 rings (SSSR count). The highest BCUT2D eigenvalue weighted by atomic mass is 16.5. The number of hydrogen-bond donors (Lipinski definition) is 1. The molecular formula is C13H22N2O5. The van der Waals surface area contributed by atoms with E-state index in [4.69, 9.17) is 9.84 Å². The van der Waals surface area contributed by atoms with E-state index in [0.29, 0.717) is 38.5 Å². The van der Waals surface area contributed by atoms with Gasteiger partial charge in [-0.3, -0.25) is 9.59 Å². The summed E-state index contributed by atoms with van der Waals surface area (Å²) in [5.41, 5.74) is 0. The molecule has 0 unspecified atom stereocenters. The summed E-state index contributed by atoms with van der Waals surface area (Å²) in [6.07, 6.45) is 0.523. The Kier molecular flexibility index (Phi) is 6.44. The monoisotopic (exact) mass is 286 g/mol. The van der Waals surface area contributed by atoms with Gasteiger partial charge in [-0.1, -0.05) is 13.8 Å². The normalized spacial score (nSPS) is 15.6. The molecule has 0 aromatic rings. The van der Waals surface area contributed by atoms with Gasteiger partial charge < -0.3 is 19.6 Å². The van der Waals surface area contributed by atoms with Crippen LogP contribution in [0.2, 0.25) is 0 Å². The number of carbonyl (C=O) groups is 3. The predicted octanol–water partition coefficient (Wildman–Crippen LogP) is -0.195. The summed E-state index contributed by atoms with van der Waals surface area (Å²) >= 11 is 0. The van der Waals surface area contributed by atoms with Crippen LogP contribution in [0.25, 0.3) is 0 Å². The number of ether oxygens (including phenoxy) is 1. The average molecular weight is 286 g/mol. The summed E-state index contributed by atoms with van der Waals surface area (Å²) in [4.78, 5) is 37.2. The summed E-state index contributed by atoms with van der Waals surface area (Å²) < 4.78 is 4.77. The van der Waals surface area contributed by atoms with E-state index in [2.05, 4.69) is 0 Å². The molecule has 7 nitrogen and oxygen atoms in total. The lowest BCUT2D eigenvalue weighted by Crippen LogP contribution is -2.51. The lowest BCUT2D eigenvalue weighted by atomic mass is 10.1. The molecule has 1 N–H and O–H groups in total. The van der Waals surface area contributed by atoms with Crippen molar-refractivity contribution in [2.24, 2.45) is 5.92 Å². The molecule has 0 radical (unpaired) electrons. The first-order chi connectivity index (χ1) is 9.40. The third-order valence-corrected chi connectivity index (χ3v) is 3.02. The van der Waals surface area contributed by atoms with Crippen molar-refractivity contribution in [1.82, 2.24) is 9.80 Å². The fraction of sp³-hybridized carbons (Fsp3) is 0.769. The van der Waals surface area contributed by atoms with Crippen LogP contribution in [0.15, 0.2) is 0 Å². The average Bonchev–Trinajstić information content (AvgIpc) is 2.37. The van der Waals surface area contributed by atoms with Crippen LogP contribution in [0, 0.1) is 5.92 Å². The number of piperazine rings is 1. The standard InChI is InChI=1S/C13H22N2O5/c1-10(2)7-11(16)14-3-5-15(6-4-14)12(17)8-20-9-13(18)19/h10H,3-9H2,1-2H3,(H,18,19). The second kappa shape index (κ2) is 7.84. The Bertz CT molecular complexity index is 362. The first kappa shape index (κ1) is 16.4. The summed E-state index contributed by atoms with van der Waals surface area (Å²) in [6, 6.07) is 0. The third kappa shape index (κ3) is 5.56. The van der Waals surface area contributed by atoms with Gasteiger partial charge in [0, 0.05) is 32.6 Å². The largest absolute Gasteiger partial charge is 0.480 e. The Morgan fingerprint density at radius 3 is 1.95 bits per heavy atom. The summed E-state index contributed by atoms with van der Waals surface area (Å²) in [5.74, 6) is -0.884. The molecule has 0 spiro atoms. The lowest BCUT2D eigenvalue weighted by molar-refractivity contribution is -0.148. The maximum atomic E-state index is 11.9. The molecule has 0 aromatic carbocycles. The van der Waals surface area contributed by atoms with Crippen molar-refractivity contribution < 1.29 is 24.2 Å². The maximum absolute atomic E-state index is 11.9. The van der Waals surface area contributed by atoms with Crippen molar-refractivity contribution in [3.05, 3.63) is 0 Å². The second-order valence-corrected chi connectivity index (χ2v) is 5.25. The van der Waals surface area contributed by atoms with E-state index < -0.39 is 12.6 Å². The molecule has 2 amide bonds. The van der Waals surface area contributed by atoms with Crippen LogP contribution >= 0.6 is 0 Å². The van der Waals surface area contributed by atoms with E-state index >= 15 is 0 Å². The number of rotatable bonds is 6. The topological polar surface area (TPSA) is 87.2 Å². The molecule has 1 saturated heterocycles. The van der Waals surface area contributed by atoms with Gasteiger partial charge in [-0.15, -0.1) is 0 Å². The molecule has 0 saturated carbocycles. The number of hydrogen-bond acceptors (Lipinski definition) is 4. The molecule has 1 heterocycles. The van der Waals surface area contributed by atoms with E-state index in [1.807, 2.05) is 13.8 Å². The Labute approximate surface area is 118 Å². The van der Waals surface area contributed by atoms with E-state index in [1.165, 1.54) is 0 Å². The smallest absolute Gasteiger partial charge is 0.329 e. The maximum Gasteiger partial charge on any atom is 0.329 e. The van der Waals surface area contributed by atoms with E-state index in [-0.39, 0.29) is 18.4 Å². The molecule has 1 aliphatic heterocycles. The fourth-order valence-electron chi connectivity index (χ4n) is 2.00. The zero-order valence-electron chi connectivity index (χ0n) is 12.0. The lowest BCUT2D eigenvalue weighted by Gasteiger charge is -2.35. The van der Waals surface area contributed by atoms with Crippen LogP contribution in [0.4, 0.5) is 0 Å². The Hall–Kier alpha value is -1.63. The van der Waals surface area contributed by atoms with Crippen molar-refractivity contribution in [2.75, 3.05) is 39.4 Å². The molecule has 1 fully saturated rings. The summed E-state index contributed by atoms with van der Waals surface area (Å²) in [7, 11) is 0. The van der Waals surface area contributed by atoms with Crippen molar-refractivity contribution in [3.8, 4) is 0 Å². The number of carboxylic acids is 1. The van der Waals surface area contributed by atoms with Crippen molar-refractivity contribution in [1.29, 1.82) is 0 Å². The highest BCUT2D eigenvalue weighted by Gasteiger charge is 2.24. The Balaban J connectivity index is 2.29. The van der Waals surface area contributed by atoms with Crippen LogP contribution in [-0.4, -0.2) is 72.1 Å². The minimum atomic E-state index is -1.10. The SMILES string of the molecule is CC(C)CC(=O)N1CCN(C(=O)COCC(=O)O)CC1. The van der Waals surface area contributed by atoms with Crippen LogP contribution in [0.1, 0.15) is 20.3 Å². The highest BCUT2D eigenvalue weighted by Crippen LogP contribution is 2.08. The zero-order chi connectivity index (χ0) is 15.1. The molecule has 20 heavy (non-hydrogen) atoms. The fourth-order valence-corrected chi connectivity index (χ4v) is 2.00. The number of carboxylic acid groups (broad SMARTS) is 1. The van der Waals surface area contributed by atoms with Gasteiger partial charge >= 0.3 is 5.97 Å². The van der Waals surface area contributed by atoms with Crippen LogP contribution < -0.4 is 0 Å². The number of aliphatic carboxylic acids is 1. The highest BCUT2D eigenvalue weighted by molar-refractivity contribution is 5.79. The van der Waals surface area contributed by atoms with Gasteiger partial charge in [-0.25, -0.2) is 4.79 Å². The van der Waals surface area contributed by atoms with Crippen molar-refractivity contribution >= 4 is 17.8 Å². The Morgan fingerprint density at radius 1 is 1.00 bits per heavy atom. The Morgan fingerprint density at radius 2 is 1.50 bits per heavy atom. The molecule has 0 aliphatic carbocycles. The summed E-state index contributed by atoms with van der Waals surface area (Å²) in [5, 5.41) is 8.41. The first-order valence-electron chi connectivity index (χ1n) is 6.75. The minimum absolute atomic E-state index is 0.120. The number of nitrogens with zero attached hydrogens (tertiary/aromatic N) is 2. The van der Waals surface area contributed by atoms with Gasteiger partial charge in [0.05, 0.1) is 0 Å². The van der Waals surface area contributed by atoms with Crippen molar-refractivity contribution in [3.63, 3.8) is 0 Å². The number of amides is 2. The molecule has 114 valence electrons. The van der Waals surface area contributed by atoms with E-state index in [9.17, 15) is 14.4 Å². The van der Waals surface area contributed by atoms with E-state index in [0.717, 1.165) is 0 Å². The van der Waals surface area contributed by atoms with Gasteiger partial charge in [-0.2, -0.15) is 0 Å². The van der Waals surface area contributed by atoms with Gasteiger partial charge in [-0.05, 0) is 5.92 Å². The zero-order valence-corrected chi connectivity index (χ0v) is 12.0. The van der Waals surface area contributed by atoms with Gasteiger partial charge in [0.2, 0.25) is 11.8 Å². The predicted molar refractivity (Wildman–Crippen MR) is 71.1 cm³/mol. The molecule has 0 aromatic heterocycles. The van der Waals surface area contributed by atoms with Gasteiger partial charge in [0.25, 0.3) is 0 Å². The van der Waals surface area contributed by atoms with Gasteiger partial charge in [0.15, 0.2) is 0 Å². The van der Waals surface area contributed by atoms with Crippen molar-refractivity contribution in [2.45, 2.75) is 20.3 Å². The quantitative estimate of drug-likeness (QED) is 0.731. The molecule has 0 bridgehead atoms. The van der Waals surface area contributed by atoms with Crippen LogP contribution in [-0.2, 0) is 19.1 Å². The molecule has 1 aliphatic rings. The van der Waals surface area contributed by atoms with E-state index in [1.54, 1.807) is 9.80 Å². The number of carbonyl (C=O) groups excluding carboxylic acids is 2. The first-order valence-corrected chi connectivity index (χ1v) is 6.75. The second-order valence-electron chi connectivity index (χ2n) is 5.25. The summed E-state index contributed by atoms with van der Waals surface area (Å²) in [6.45, 7) is 5.28. The van der Waals surface area contributed by atoms with Crippen LogP contribution in [0.5, 0.6) is 0 Å². The third-order valence-electron chi connectivity index (χ3n) is 3.02.